The Hall–Kier alpha value is -1.65. The fraction of sp³-hybridized carbons (Fsp3) is 0.545. The minimum atomic E-state index is 0. The molecule has 0 unspecified atom stereocenters. The lowest BCUT2D eigenvalue weighted by Gasteiger charge is -2.41. The first-order valence-corrected chi connectivity index (χ1v) is 10.5. The average Bonchev–Trinajstić information content (AvgIpc) is 3.28. The summed E-state index contributed by atoms with van der Waals surface area (Å²) in [5, 5.41) is 11.1. The molecule has 30 heavy (non-hydrogen) atoms. The fourth-order valence-electron chi connectivity index (χ4n) is 3.63. The van der Waals surface area contributed by atoms with E-state index in [2.05, 4.69) is 65.9 Å². The Kier molecular flexibility index (Phi) is 10.1. The lowest BCUT2D eigenvalue weighted by atomic mass is 9.89. The first-order valence-electron chi connectivity index (χ1n) is 10.5. The molecule has 0 saturated carbocycles. The molecule has 1 aromatic heterocycles. The topological polar surface area (TPSA) is 66.7 Å². The molecule has 0 atom stereocenters. The number of guanidine groups is 1. The zero-order valence-corrected chi connectivity index (χ0v) is 20.6. The predicted octanol–water partition coefficient (Wildman–Crippen LogP) is 2.70. The van der Waals surface area contributed by atoms with Crippen molar-refractivity contribution in [3.63, 3.8) is 0 Å². The molecule has 8 heteroatoms. The molecule has 1 fully saturated rings. The second kappa shape index (κ2) is 12.3. The van der Waals surface area contributed by atoms with Crippen molar-refractivity contribution in [2.24, 2.45) is 4.99 Å². The smallest absolute Gasteiger partial charge is 0.191 e. The van der Waals surface area contributed by atoms with E-state index in [9.17, 15) is 0 Å². The van der Waals surface area contributed by atoms with Crippen molar-refractivity contribution < 1.29 is 4.74 Å². The number of ether oxygens (including phenoxy) is 1. The van der Waals surface area contributed by atoms with Crippen LogP contribution in [-0.2, 0) is 11.2 Å². The summed E-state index contributed by atoms with van der Waals surface area (Å²) in [5.74, 6) is 0.883. The summed E-state index contributed by atoms with van der Waals surface area (Å²) in [5.41, 5.74) is 2.45. The summed E-state index contributed by atoms with van der Waals surface area (Å²) in [6.07, 6.45) is 6.72. The van der Waals surface area contributed by atoms with Crippen molar-refractivity contribution in [2.75, 3.05) is 46.9 Å². The minimum absolute atomic E-state index is 0. The van der Waals surface area contributed by atoms with Crippen LogP contribution in [0.15, 0.2) is 47.7 Å². The molecule has 7 nitrogen and oxygen atoms in total. The Morgan fingerprint density at radius 3 is 2.53 bits per heavy atom. The van der Waals surface area contributed by atoms with E-state index in [4.69, 9.17) is 9.73 Å². The lowest BCUT2D eigenvalue weighted by Crippen LogP contribution is -2.51. The van der Waals surface area contributed by atoms with Crippen LogP contribution in [0.1, 0.15) is 25.3 Å². The maximum absolute atomic E-state index is 5.56. The van der Waals surface area contributed by atoms with Gasteiger partial charge in [0.2, 0.25) is 0 Å². The van der Waals surface area contributed by atoms with Gasteiger partial charge in [0.25, 0.3) is 0 Å². The van der Waals surface area contributed by atoms with Crippen LogP contribution < -0.4 is 10.6 Å². The number of hydrogen-bond donors (Lipinski definition) is 2. The summed E-state index contributed by atoms with van der Waals surface area (Å²) in [6, 6.07) is 10.5. The maximum Gasteiger partial charge on any atom is 0.191 e. The molecule has 2 heterocycles. The molecule has 1 aromatic carbocycles. The van der Waals surface area contributed by atoms with Crippen LogP contribution in [0.2, 0.25) is 0 Å². The number of aliphatic imine (C=N–C) groups is 1. The Labute approximate surface area is 197 Å². The van der Waals surface area contributed by atoms with Gasteiger partial charge in [-0.2, -0.15) is 5.10 Å². The van der Waals surface area contributed by atoms with Crippen molar-refractivity contribution >= 4 is 29.9 Å². The molecule has 0 amide bonds. The molecule has 2 N–H and O–H groups in total. The van der Waals surface area contributed by atoms with Gasteiger partial charge in [-0.15, -0.1) is 24.0 Å². The first-order chi connectivity index (χ1) is 14.1. The number of aromatic nitrogens is 2. The van der Waals surface area contributed by atoms with E-state index < -0.39 is 0 Å². The van der Waals surface area contributed by atoms with Gasteiger partial charge in [-0.05, 0) is 64.0 Å². The van der Waals surface area contributed by atoms with E-state index in [1.54, 1.807) is 6.20 Å². The molecule has 0 spiro atoms. The van der Waals surface area contributed by atoms with Crippen LogP contribution in [0.25, 0.3) is 5.69 Å². The number of hydrogen-bond acceptors (Lipinski definition) is 4. The zero-order chi connectivity index (χ0) is 20.5. The SMILES string of the molecule is CCNC(=NCC1(N(C)C)CCOCC1)NCCc1ccc(-n2cccn2)cc1.I. The monoisotopic (exact) mass is 526 g/mol. The summed E-state index contributed by atoms with van der Waals surface area (Å²) in [6.45, 7) is 6.19. The Morgan fingerprint density at radius 2 is 1.93 bits per heavy atom. The highest BCUT2D eigenvalue weighted by molar-refractivity contribution is 14.0. The molecule has 3 rings (SSSR count). The van der Waals surface area contributed by atoms with E-state index in [-0.39, 0.29) is 29.5 Å². The Morgan fingerprint density at radius 1 is 1.20 bits per heavy atom. The quantitative estimate of drug-likeness (QED) is 0.315. The molecule has 0 bridgehead atoms. The molecule has 1 aliphatic heterocycles. The lowest BCUT2D eigenvalue weighted by molar-refractivity contribution is -0.00254. The highest BCUT2D eigenvalue weighted by Gasteiger charge is 2.34. The number of rotatable bonds is 8. The van der Waals surface area contributed by atoms with Gasteiger partial charge in [-0.1, -0.05) is 12.1 Å². The van der Waals surface area contributed by atoms with E-state index in [1.807, 2.05) is 16.9 Å². The summed E-state index contributed by atoms with van der Waals surface area (Å²) >= 11 is 0. The van der Waals surface area contributed by atoms with E-state index in [1.165, 1.54) is 5.56 Å². The Bertz CT molecular complexity index is 754. The fourth-order valence-corrected chi connectivity index (χ4v) is 3.63. The third-order valence-corrected chi connectivity index (χ3v) is 5.66. The second-order valence-corrected chi connectivity index (χ2v) is 7.72. The van der Waals surface area contributed by atoms with E-state index in [0.29, 0.717) is 0 Å². The summed E-state index contributed by atoms with van der Waals surface area (Å²) < 4.78 is 7.43. The molecule has 0 aliphatic carbocycles. The van der Waals surface area contributed by atoms with Gasteiger partial charge < -0.3 is 20.3 Å². The highest BCUT2D eigenvalue weighted by Crippen LogP contribution is 2.26. The molecule has 1 saturated heterocycles. The van der Waals surface area contributed by atoms with Gasteiger partial charge in [0.15, 0.2) is 5.96 Å². The number of nitrogens with zero attached hydrogens (tertiary/aromatic N) is 4. The highest BCUT2D eigenvalue weighted by atomic mass is 127. The van der Waals surface area contributed by atoms with Crippen LogP contribution in [0.4, 0.5) is 0 Å². The number of halogens is 1. The van der Waals surface area contributed by atoms with Gasteiger partial charge in [0.05, 0.1) is 12.2 Å². The van der Waals surface area contributed by atoms with Gasteiger partial charge in [-0.25, -0.2) is 4.68 Å². The summed E-state index contributed by atoms with van der Waals surface area (Å²) in [4.78, 5) is 7.20. The van der Waals surface area contributed by atoms with Gasteiger partial charge in [-0.3, -0.25) is 4.99 Å². The van der Waals surface area contributed by atoms with Gasteiger partial charge >= 0.3 is 0 Å². The van der Waals surface area contributed by atoms with Crippen LogP contribution >= 0.6 is 24.0 Å². The first kappa shape index (κ1) is 24.6. The maximum atomic E-state index is 5.56. The number of likely N-dealkylation sites (N-methyl/N-ethyl adjacent to an activating group) is 1. The predicted molar refractivity (Wildman–Crippen MR) is 133 cm³/mol. The molecule has 2 aromatic rings. The zero-order valence-electron chi connectivity index (χ0n) is 18.3. The van der Waals surface area contributed by atoms with Crippen LogP contribution in [-0.4, -0.2) is 73.1 Å². The van der Waals surface area contributed by atoms with Crippen molar-refractivity contribution in [2.45, 2.75) is 31.7 Å². The molecule has 166 valence electrons. The van der Waals surface area contributed by atoms with Gasteiger partial charge in [0.1, 0.15) is 0 Å². The average molecular weight is 526 g/mol. The molecular formula is C22H35IN6O. The van der Waals surface area contributed by atoms with Crippen molar-refractivity contribution in [1.82, 2.24) is 25.3 Å². The minimum Gasteiger partial charge on any atom is -0.381 e. The number of nitrogens with one attached hydrogen (secondary N) is 2. The number of benzene rings is 1. The molecule has 1 aliphatic rings. The van der Waals surface area contributed by atoms with Crippen molar-refractivity contribution in [3.8, 4) is 5.69 Å². The van der Waals surface area contributed by atoms with Crippen LogP contribution in [0, 0.1) is 0 Å². The second-order valence-electron chi connectivity index (χ2n) is 7.72. The molecular weight excluding hydrogens is 491 g/mol. The largest absolute Gasteiger partial charge is 0.381 e. The molecule has 0 radical (unpaired) electrons. The van der Waals surface area contributed by atoms with E-state index in [0.717, 1.165) is 63.8 Å². The Balaban J connectivity index is 0.00000320. The third-order valence-electron chi connectivity index (χ3n) is 5.66. The normalized spacial score (nSPS) is 16.2. The van der Waals surface area contributed by atoms with Crippen LogP contribution in [0.5, 0.6) is 0 Å². The van der Waals surface area contributed by atoms with E-state index >= 15 is 0 Å². The van der Waals surface area contributed by atoms with Gasteiger partial charge in [0, 0.05) is 44.2 Å². The standard InChI is InChI=1S/C22H34N6O.HI/c1-4-23-21(25-18-22(27(2)3)11-16-29-17-12-22)24-14-10-19-6-8-20(9-7-19)28-15-5-13-26-28;/h5-9,13,15H,4,10-12,14,16-18H2,1-3H3,(H2,23,24,25);1H. The van der Waals surface area contributed by atoms with Crippen molar-refractivity contribution in [1.29, 1.82) is 0 Å². The summed E-state index contributed by atoms with van der Waals surface area (Å²) in [7, 11) is 4.29. The van der Waals surface area contributed by atoms with Crippen molar-refractivity contribution in [3.05, 3.63) is 48.3 Å². The third kappa shape index (κ3) is 6.68. The van der Waals surface area contributed by atoms with Crippen LogP contribution in [0.3, 0.4) is 0 Å².